The van der Waals surface area contributed by atoms with E-state index in [1.165, 1.54) is 25.7 Å². The van der Waals surface area contributed by atoms with E-state index in [-0.39, 0.29) is 5.95 Å². The van der Waals surface area contributed by atoms with E-state index in [9.17, 15) is 0 Å². The summed E-state index contributed by atoms with van der Waals surface area (Å²) in [5.74, 6) is 3.84. The third-order valence-corrected chi connectivity index (χ3v) is 4.33. The number of hydrogen-bond acceptors (Lipinski definition) is 6. The fourth-order valence-corrected chi connectivity index (χ4v) is 2.93. The first-order valence-corrected chi connectivity index (χ1v) is 7.53. The quantitative estimate of drug-likeness (QED) is 0.835. The molecule has 2 aliphatic rings. The van der Waals surface area contributed by atoms with Gasteiger partial charge in [0.05, 0.1) is 0 Å². The lowest BCUT2D eigenvalue weighted by Crippen LogP contribution is -2.20. The van der Waals surface area contributed by atoms with Crippen LogP contribution in [-0.4, -0.2) is 31.0 Å². The van der Waals surface area contributed by atoms with Crippen molar-refractivity contribution in [1.29, 1.82) is 0 Å². The summed E-state index contributed by atoms with van der Waals surface area (Å²) in [6, 6.07) is 0. The Kier molecular flexibility index (Phi) is 2.98. The molecule has 0 spiro atoms. The Hall–Kier alpha value is -2.18. The summed E-state index contributed by atoms with van der Waals surface area (Å²) in [6.07, 6.45) is 10.6. The van der Waals surface area contributed by atoms with E-state index in [4.69, 9.17) is 5.73 Å². The molecule has 0 atom stereocenters. The number of rotatable bonds is 6. The van der Waals surface area contributed by atoms with Crippen LogP contribution in [0.2, 0.25) is 0 Å². The Bertz CT molecular complexity index is 604. The second-order valence-corrected chi connectivity index (χ2v) is 6.01. The van der Waals surface area contributed by atoms with Crippen molar-refractivity contribution in [2.24, 2.45) is 17.8 Å². The molecule has 21 heavy (non-hydrogen) atoms. The zero-order valence-electron chi connectivity index (χ0n) is 11.8. The van der Waals surface area contributed by atoms with E-state index in [1.54, 1.807) is 23.3 Å². The summed E-state index contributed by atoms with van der Waals surface area (Å²) in [4.78, 5) is 16.7. The number of nitrogens with two attached hydrogens (primary N) is 1. The summed E-state index contributed by atoms with van der Waals surface area (Å²) in [5.41, 5.74) is 5.78. The standard InChI is InChI=1S/C14H19N7/c15-12-18-13(20-14(19-12)21-6-5-16-8-21)17-7-11(9-1-2-9)10-3-4-10/h5-6,8-11H,1-4,7H2,(H3,15,17,18,19,20). The molecule has 110 valence electrons. The Morgan fingerprint density at radius 3 is 2.57 bits per heavy atom. The van der Waals surface area contributed by atoms with Crippen molar-refractivity contribution in [2.75, 3.05) is 17.6 Å². The fourth-order valence-electron chi connectivity index (χ4n) is 2.93. The molecule has 7 nitrogen and oxygen atoms in total. The predicted octanol–water partition coefficient (Wildman–Crippen LogP) is 1.49. The zero-order chi connectivity index (χ0) is 14.2. The van der Waals surface area contributed by atoms with Gasteiger partial charge in [0.25, 0.3) is 0 Å². The molecule has 0 aliphatic heterocycles. The number of imidazole rings is 1. The Labute approximate surface area is 123 Å². The van der Waals surface area contributed by atoms with Crippen molar-refractivity contribution in [3.63, 3.8) is 0 Å². The molecule has 2 aliphatic carbocycles. The van der Waals surface area contributed by atoms with Crippen LogP contribution in [0.25, 0.3) is 5.95 Å². The van der Waals surface area contributed by atoms with Gasteiger partial charge < -0.3 is 11.1 Å². The first kappa shape index (κ1) is 12.6. The minimum absolute atomic E-state index is 0.227. The number of hydrogen-bond donors (Lipinski definition) is 2. The molecule has 2 heterocycles. The highest BCUT2D eigenvalue weighted by Gasteiger charge is 2.41. The van der Waals surface area contributed by atoms with Crippen LogP contribution in [0.15, 0.2) is 18.7 Å². The summed E-state index contributed by atoms with van der Waals surface area (Å²) >= 11 is 0. The number of nitrogens with one attached hydrogen (secondary N) is 1. The van der Waals surface area contributed by atoms with Crippen molar-refractivity contribution >= 4 is 11.9 Å². The van der Waals surface area contributed by atoms with Crippen molar-refractivity contribution < 1.29 is 0 Å². The van der Waals surface area contributed by atoms with Crippen LogP contribution in [-0.2, 0) is 0 Å². The fraction of sp³-hybridized carbons (Fsp3) is 0.571. The van der Waals surface area contributed by atoms with Gasteiger partial charge in [0.15, 0.2) is 0 Å². The van der Waals surface area contributed by atoms with Crippen LogP contribution >= 0.6 is 0 Å². The van der Waals surface area contributed by atoms with Gasteiger partial charge in [-0.05, 0) is 43.4 Å². The van der Waals surface area contributed by atoms with Gasteiger partial charge in [-0.2, -0.15) is 15.0 Å². The van der Waals surface area contributed by atoms with Gasteiger partial charge in [0.2, 0.25) is 17.8 Å². The molecule has 0 unspecified atom stereocenters. The third kappa shape index (κ3) is 2.81. The van der Waals surface area contributed by atoms with Crippen LogP contribution in [0, 0.1) is 17.8 Å². The summed E-state index contributed by atoms with van der Waals surface area (Å²) < 4.78 is 1.72. The van der Waals surface area contributed by atoms with E-state index in [1.807, 2.05) is 0 Å². The predicted molar refractivity (Wildman–Crippen MR) is 78.8 cm³/mol. The molecule has 2 saturated carbocycles. The van der Waals surface area contributed by atoms with E-state index in [0.29, 0.717) is 11.9 Å². The van der Waals surface area contributed by atoms with Gasteiger partial charge in [-0.3, -0.25) is 4.57 Å². The van der Waals surface area contributed by atoms with Crippen LogP contribution in [0.1, 0.15) is 25.7 Å². The first-order chi connectivity index (χ1) is 10.3. The Balaban J connectivity index is 1.49. The van der Waals surface area contributed by atoms with E-state index in [0.717, 1.165) is 24.3 Å². The van der Waals surface area contributed by atoms with Crippen LogP contribution < -0.4 is 11.1 Å². The lowest BCUT2D eigenvalue weighted by Gasteiger charge is -2.16. The molecule has 2 fully saturated rings. The van der Waals surface area contributed by atoms with Crippen molar-refractivity contribution in [2.45, 2.75) is 25.7 Å². The largest absolute Gasteiger partial charge is 0.368 e. The molecule has 4 rings (SSSR count). The van der Waals surface area contributed by atoms with E-state index in [2.05, 4.69) is 25.3 Å². The molecule has 0 amide bonds. The minimum atomic E-state index is 0.227. The van der Waals surface area contributed by atoms with Crippen molar-refractivity contribution in [3.8, 4) is 5.95 Å². The molecule has 2 aromatic heterocycles. The Morgan fingerprint density at radius 2 is 1.95 bits per heavy atom. The lowest BCUT2D eigenvalue weighted by atomic mass is 9.98. The van der Waals surface area contributed by atoms with Crippen LogP contribution in [0.3, 0.4) is 0 Å². The lowest BCUT2D eigenvalue weighted by molar-refractivity contribution is 0.427. The van der Waals surface area contributed by atoms with Gasteiger partial charge >= 0.3 is 0 Å². The number of nitrogens with zero attached hydrogens (tertiary/aromatic N) is 5. The molecule has 0 bridgehead atoms. The number of aromatic nitrogens is 5. The highest BCUT2D eigenvalue weighted by Crippen LogP contribution is 2.49. The number of nitrogen functional groups attached to an aromatic ring is 1. The molecule has 3 N–H and O–H groups in total. The molecule has 7 heteroatoms. The maximum Gasteiger partial charge on any atom is 0.241 e. The third-order valence-electron chi connectivity index (χ3n) is 4.33. The van der Waals surface area contributed by atoms with Gasteiger partial charge in [-0.15, -0.1) is 0 Å². The highest BCUT2D eigenvalue weighted by atomic mass is 15.3. The second kappa shape index (κ2) is 4.98. The van der Waals surface area contributed by atoms with E-state index >= 15 is 0 Å². The molecular formula is C14H19N7. The highest BCUT2D eigenvalue weighted by molar-refractivity contribution is 5.35. The van der Waals surface area contributed by atoms with Crippen molar-refractivity contribution in [1.82, 2.24) is 24.5 Å². The summed E-state index contributed by atoms with van der Waals surface area (Å²) in [7, 11) is 0. The van der Waals surface area contributed by atoms with Gasteiger partial charge in [0, 0.05) is 18.9 Å². The molecule has 0 radical (unpaired) electrons. The normalized spacial score (nSPS) is 18.1. The van der Waals surface area contributed by atoms with Crippen LogP contribution in [0.4, 0.5) is 11.9 Å². The average Bonchev–Trinajstić information content (AvgIpc) is 3.40. The topological polar surface area (TPSA) is 94.5 Å². The summed E-state index contributed by atoms with van der Waals surface area (Å²) in [5, 5.41) is 3.35. The molecule has 0 aromatic carbocycles. The SMILES string of the molecule is Nc1nc(NCC(C2CC2)C2CC2)nc(-n2ccnc2)n1. The van der Waals surface area contributed by atoms with Crippen LogP contribution in [0.5, 0.6) is 0 Å². The van der Waals surface area contributed by atoms with Gasteiger partial charge in [-0.25, -0.2) is 4.98 Å². The van der Waals surface area contributed by atoms with E-state index < -0.39 is 0 Å². The first-order valence-electron chi connectivity index (χ1n) is 7.53. The maximum atomic E-state index is 5.78. The molecule has 0 saturated heterocycles. The Morgan fingerprint density at radius 1 is 1.19 bits per heavy atom. The average molecular weight is 285 g/mol. The van der Waals surface area contributed by atoms with Gasteiger partial charge in [-0.1, -0.05) is 0 Å². The van der Waals surface area contributed by atoms with Crippen molar-refractivity contribution in [3.05, 3.63) is 18.7 Å². The minimum Gasteiger partial charge on any atom is -0.368 e. The smallest absolute Gasteiger partial charge is 0.241 e. The zero-order valence-corrected chi connectivity index (χ0v) is 11.8. The maximum absolute atomic E-state index is 5.78. The van der Waals surface area contributed by atoms with Gasteiger partial charge in [0.1, 0.15) is 6.33 Å². The number of anilines is 2. The monoisotopic (exact) mass is 285 g/mol. The second-order valence-electron chi connectivity index (χ2n) is 6.01. The molecule has 2 aromatic rings. The summed E-state index contributed by atoms with van der Waals surface area (Å²) in [6.45, 7) is 0.933. The molecular weight excluding hydrogens is 266 g/mol.